The van der Waals surface area contributed by atoms with E-state index < -0.39 is 10.1 Å². The second kappa shape index (κ2) is 4.50. The summed E-state index contributed by atoms with van der Waals surface area (Å²) < 4.78 is 31.4. The summed E-state index contributed by atoms with van der Waals surface area (Å²) in [6, 6.07) is 4.76. The molecule has 0 fully saturated rings. The standard InChI is InChI=1S/C12H15NO3S/c13-11-7-6-10(8-12(11)17(14,15)16)9-4-2-1-3-5-9/h4,6-8H,1-3,5,13H2,(H,14,15,16). The molecule has 92 valence electrons. The molecule has 0 unspecified atom stereocenters. The smallest absolute Gasteiger partial charge is 0.296 e. The summed E-state index contributed by atoms with van der Waals surface area (Å²) in [6.07, 6.45) is 6.35. The van der Waals surface area contributed by atoms with Gasteiger partial charge in [0.05, 0.1) is 5.69 Å². The molecule has 1 aromatic rings. The summed E-state index contributed by atoms with van der Waals surface area (Å²) in [4.78, 5) is -0.207. The number of hydrogen-bond acceptors (Lipinski definition) is 3. The highest BCUT2D eigenvalue weighted by Gasteiger charge is 2.16. The van der Waals surface area contributed by atoms with E-state index in [9.17, 15) is 8.42 Å². The van der Waals surface area contributed by atoms with E-state index in [2.05, 4.69) is 6.08 Å². The maximum Gasteiger partial charge on any atom is 0.296 e. The zero-order chi connectivity index (χ0) is 12.5. The van der Waals surface area contributed by atoms with Crippen LogP contribution in [0, 0.1) is 0 Å². The Labute approximate surface area is 101 Å². The van der Waals surface area contributed by atoms with E-state index in [4.69, 9.17) is 10.3 Å². The number of nitrogens with two attached hydrogens (primary N) is 1. The molecule has 0 saturated heterocycles. The van der Waals surface area contributed by atoms with Gasteiger partial charge in [0, 0.05) is 0 Å². The minimum absolute atomic E-state index is 0.0765. The summed E-state index contributed by atoms with van der Waals surface area (Å²) in [7, 11) is -4.25. The van der Waals surface area contributed by atoms with Gasteiger partial charge in [-0.1, -0.05) is 12.1 Å². The van der Waals surface area contributed by atoms with Gasteiger partial charge in [-0.2, -0.15) is 8.42 Å². The first-order chi connectivity index (χ1) is 7.98. The van der Waals surface area contributed by atoms with Gasteiger partial charge in [-0.25, -0.2) is 0 Å². The second-order valence-electron chi connectivity index (χ2n) is 4.20. The van der Waals surface area contributed by atoms with Crippen molar-refractivity contribution in [3.8, 4) is 0 Å². The summed E-state index contributed by atoms with van der Waals surface area (Å²) in [6.45, 7) is 0. The van der Waals surface area contributed by atoms with Crippen molar-refractivity contribution in [2.24, 2.45) is 0 Å². The number of hydrogen-bond donors (Lipinski definition) is 2. The van der Waals surface area contributed by atoms with E-state index >= 15 is 0 Å². The lowest BCUT2D eigenvalue weighted by Gasteiger charge is -2.14. The Balaban J connectivity index is 2.48. The van der Waals surface area contributed by atoms with Crippen LogP contribution in [0.1, 0.15) is 31.2 Å². The first-order valence-electron chi connectivity index (χ1n) is 5.55. The van der Waals surface area contributed by atoms with Gasteiger partial charge in [0.1, 0.15) is 4.90 Å². The lowest BCUT2D eigenvalue weighted by molar-refractivity contribution is 0.483. The summed E-state index contributed by atoms with van der Waals surface area (Å²) in [5, 5.41) is 0. The van der Waals surface area contributed by atoms with Gasteiger partial charge in [-0.15, -0.1) is 0 Å². The Morgan fingerprint density at radius 3 is 2.59 bits per heavy atom. The van der Waals surface area contributed by atoms with Gasteiger partial charge in [0.25, 0.3) is 10.1 Å². The molecule has 0 aliphatic heterocycles. The summed E-state index contributed by atoms with van der Waals surface area (Å²) in [5.41, 5.74) is 7.57. The molecule has 3 N–H and O–H groups in total. The fourth-order valence-electron chi connectivity index (χ4n) is 2.06. The third-order valence-corrected chi connectivity index (χ3v) is 3.86. The van der Waals surface area contributed by atoms with Crippen molar-refractivity contribution < 1.29 is 13.0 Å². The zero-order valence-electron chi connectivity index (χ0n) is 9.39. The fourth-order valence-corrected chi connectivity index (χ4v) is 2.70. The molecule has 1 aliphatic rings. The van der Waals surface area contributed by atoms with Crippen molar-refractivity contribution in [3.63, 3.8) is 0 Å². The van der Waals surface area contributed by atoms with Crippen LogP contribution in [0.3, 0.4) is 0 Å². The minimum Gasteiger partial charge on any atom is -0.398 e. The molecule has 1 aromatic carbocycles. The van der Waals surface area contributed by atoms with Crippen LogP contribution in [0.4, 0.5) is 5.69 Å². The van der Waals surface area contributed by atoms with E-state index in [1.165, 1.54) is 18.6 Å². The Morgan fingerprint density at radius 1 is 1.24 bits per heavy atom. The number of nitrogen functional groups attached to an aromatic ring is 1. The van der Waals surface area contributed by atoms with E-state index in [1.54, 1.807) is 6.07 Å². The van der Waals surface area contributed by atoms with Crippen molar-refractivity contribution in [2.75, 3.05) is 5.73 Å². The molecular formula is C12H15NO3S. The lowest BCUT2D eigenvalue weighted by atomic mass is 9.94. The molecule has 0 amide bonds. The van der Waals surface area contributed by atoms with Gasteiger partial charge in [0.15, 0.2) is 0 Å². The molecule has 2 rings (SSSR count). The predicted octanol–water partition coefficient (Wildman–Crippen LogP) is 2.47. The lowest BCUT2D eigenvalue weighted by Crippen LogP contribution is -2.04. The van der Waals surface area contributed by atoms with Crippen LogP contribution < -0.4 is 5.73 Å². The van der Waals surface area contributed by atoms with Crippen LogP contribution in [0.2, 0.25) is 0 Å². The molecule has 17 heavy (non-hydrogen) atoms. The van der Waals surface area contributed by atoms with Crippen LogP contribution >= 0.6 is 0 Å². The van der Waals surface area contributed by atoms with Gasteiger partial charge in [0.2, 0.25) is 0 Å². The quantitative estimate of drug-likeness (QED) is 0.626. The van der Waals surface area contributed by atoms with E-state index in [1.807, 2.05) is 0 Å². The van der Waals surface area contributed by atoms with E-state index in [-0.39, 0.29) is 10.6 Å². The highest BCUT2D eigenvalue weighted by Crippen LogP contribution is 2.30. The van der Waals surface area contributed by atoms with Gasteiger partial charge >= 0.3 is 0 Å². The summed E-state index contributed by atoms with van der Waals surface area (Å²) >= 11 is 0. The van der Waals surface area contributed by atoms with Crippen LogP contribution in [0.15, 0.2) is 29.2 Å². The molecule has 0 bridgehead atoms. The molecular weight excluding hydrogens is 238 g/mol. The Bertz CT molecular complexity index is 561. The maximum absolute atomic E-state index is 11.1. The molecule has 0 saturated carbocycles. The largest absolute Gasteiger partial charge is 0.398 e. The van der Waals surface area contributed by atoms with Gasteiger partial charge in [-0.05, 0) is 49.0 Å². The predicted molar refractivity (Wildman–Crippen MR) is 67.1 cm³/mol. The van der Waals surface area contributed by atoms with Crippen molar-refractivity contribution in [1.29, 1.82) is 0 Å². The van der Waals surface area contributed by atoms with Gasteiger partial charge in [-0.3, -0.25) is 4.55 Å². The maximum atomic E-state index is 11.1. The number of benzene rings is 1. The number of anilines is 1. The third kappa shape index (κ3) is 2.68. The number of rotatable bonds is 2. The summed E-state index contributed by atoms with van der Waals surface area (Å²) in [5.74, 6) is 0. The highest BCUT2D eigenvalue weighted by atomic mass is 32.2. The van der Waals surface area contributed by atoms with Crippen molar-refractivity contribution in [1.82, 2.24) is 0 Å². The average molecular weight is 253 g/mol. The first kappa shape index (κ1) is 12.1. The van der Waals surface area contributed by atoms with Gasteiger partial charge < -0.3 is 5.73 Å². The van der Waals surface area contributed by atoms with Crippen LogP contribution in [0.5, 0.6) is 0 Å². The van der Waals surface area contributed by atoms with Crippen LogP contribution in [0.25, 0.3) is 5.57 Å². The van der Waals surface area contributed by atoms with E-state index in [0.717, 1.165) is 30.4 Å². The zero-order valence-corrected chi connectivity index (χ0v) is 10.2. The highest BCUT2D eigenvalue weighted by molar-refractivity contribution is 7.86. The fraction of sp³-hybridized carbons (Fsp3) is 0.333. The molecule has 0 spiro atoms. The Hall–Kier alpha value is -1.33. The Kier molecular flexibility index (Phi) is 3.22. The average Bonchev–Trinajstić information content (AvgIpc) is 2.29. The van der Waals surface area contributed by atoms with Crippen molar-refractivity contribution >= 4 is 21.4 Å². The molecule has 5 heteroatoms. The monoisotopic (exact) mass is 253 g/mol. The van der Waals surface area contributed by atoms with Crippen molar-refractivity contribution in [2.45, 2.75) is 30.6 Å². The van der Waals surface area contributed by atoms with E-state index in [0.29, 0.717) is 0 Å². The molecule has 0 heterocycles. The molecule has 0 aromatic heterocycles. The second-order valence-corrected chi connectivity index (χ2v) is 5.59. The normalized spacial score (nSPS) is 16.6. The van der Waals surface area contributed by atoms with Crippen LogP contribution in [-0.4, -0.2) is 13.0 Å². The first-order valence-corrected chi connectivity index (χ1v) is 6.99. The van der Waals surface area contributed by atoms with Crippen LogP contribution in [-0.2, 0) is 10.1 Å². The van der Waals surface area contributed by atoms with Crippen molar-refractivity contribution in [3.05, 3.63) is 29.8 Å². The molecule has 1 aliphatic carbocycles. The topological polar surface area (TPSA) is 80.4 Å². The third-order valence-electron chi connectivity index (χ3n) is 2.95. The number of allylic oxidation sites excluding steroid dienone is 2. The Morgan fingerprint density at radius 2 is 2.00 bits per heavy atom. The molecule has 0 atom stereocenters. The minimum atomic E-state index is -4.25. The SMILES string of the molecule is Nc1ccc(C2=CCCCC2)cc1S(=O)(=O)O. The molecule has 0 radical (unpaired) electrons. The molecule has 4 nitrogen and oxygen atoms in total.